The second-order valence-electron chi connectivity index (χ2n) is 4.84. The number of carbonyl (C=O) groups excluding carboxylic acids is 1. The van der Waals surface area contributed by atoms with E-state index in [1.54, 1.807) is 19.2 Å². The molecular weight excluding hydrogens is 276 g/mol. The Hall–Kier alpha value is -3.01. The highest BCUT2D eigenvalue weighted by molar-refractivity contribution is 5.89. The van der Waals surface area contributed by atoms with Gasteiger partial charge in [0.1, 0.15) is 11.5 Å². The number of hydrogen-bond acceptors (Lipinski definition) is 2. The Kier molecular flexibility index (Phi) is 3.92. The summed E-state index contributed by atoms with van der Waals surface area (Å²) in [5.74, 6) is 1.50. The summed E-state index contributed by atoms with van der Waals surface area (Å²) in [5.41, 5.74) is 0.713. The van der Waals surface area contributed by atoms with Crippen molar-refractivity contribution in [2.75, 3.05) is 12.4 Å². The molecule has 0 unspecified atom stereocenters. The molecular formula is C18H16N2O2. The van der Waals surface area contributed by atoms with Gasteiger partial charge in [-0.25, -0.2) is 4.79 Å². The van der Waals surface area contributed by atoms with Gasteiger partial charge >= 0.3 is 6.03 Å². The quantitative estimate of drug-likeness (QED) is 0.752. The number of nitrogens with one attached hydrogen (secondary N) is 2. The highest BCUT2D eigenvalue weighted by atomic mass is 16.5. The zero-order chi connectivity index (χ0) is 15.4. The summed E-state index contributed by atoms with van der Waals surface area (Å²) in [5, 5.41) is 7.52. The van der Waals surface area contributed by atoms with Gasteiger partial charge in [0.2, 0.25) is 0 Å². The lowest BCUT2D eigenvalue weighted by atomic mass is 10.1. The maximum atomic E-state index is 11.2. The number of urea groups is 1. The van der Waals surface area contributed by atoms with Crippen LogP contribution in [0.4, 0.5) is 10.5 Å². The van der Waals surface area contributed by atoms with E-state index in [2.05, 4.69) is 22.8 Å². The maximum absolute atomic E-state index is 11.2. The molecule has 2 N–H and O–H groups in total. The van der Waals surface area contributed by atoms with Crippen molar-refractivity contribution < 1.29 is 9.53 Å². The monoisotopic (exact) mass is 292 g/mol. The molecule has 0 spiro atoms. The minimum absolute atomic E-state index is 0.247. The SMILES string of the molecule is CNC(=O)Nc1ccc(Oc2ccc3ccccc3c2)cc1. The van der Waals surface area contributed by atoms with Crippen molar-refractivity contribution in [1.82, 2.24) is 5.32 Å². The smallest absolute Gasteiger partial charge is 0.318 e. The van der Waals surface area contributed by atoms with Gasteiger partial charge in [-0.3, -0.25) is 0 Å². The zero-order valence-corrected chi connectivity index (χ0v) is 12.2. The van der Waals surface area contributed by atoms with E-state index < -0.39 is 0 Å². The van der Waals surface area contributed by atoms with Crippen LogP contribution in [0.3, 0.4) is 0 Å². The number of anilines is 1. The van der Waals surface area contributed by atoms with E-state index in [1.165, 1.54) is 5.39 Å². The van der Waals surface area contributed by atoms with Crippen molar-refractivity contribution >= 4 is 22.5 Å². The van der Waals surface area contributed by atoms with Crippen LogP contribution in [0.25, 0.3) is 10.8 Å². The van der Waals surface area contributed by atoms with Crippen molar-refractivity contribution in [2.24, 2.45) is 0 Å². The first kappa shape index (κ1) is 13.9. The summed E-state index contributed by atoms with van der Waals surface area (Å²) in [4.78, 5) is 11.2. The van der Waals surface area contributed by atoms with Gasteiger partial charge in [-0.1, -0.05) is 30.3 Å². The fourth-order valence-electron chi connectivity index (χ4n) is 2.17. The molecule has 0 aliphatic carbocycles. The number of ether oxygens (including phenoxy) is 1. The van der Waals surface area contributed by atoms with E-state index in [-0.39, 0.29) is 6.03 Å². The highest BCUT2D eigenvalue weighted by Crippen LogP contribution is 2.26. The third-order valence-corrected chi connectivity index (χ3v) is 3.30. The lowest BCUT2D eigenvalue weighted by molar-refractivity contribution is 0.254. The van der Waals surface area contributed by atoms with Gasteiger partial charge in [0.05, 0.1) is 0 Å². The second kappa shape index (κ2) is 6.18. The lowest BCUT2D eigenvalue weighted by Gasteiger charge is -2.08. The van der Waals surface area contributed by atoms with Crippen LogP contribution in [0.5, 0.6) is 11.5 Å². The van der Waals surface area contributed by atoms with Crippen molar-refractivity contribution in [3.63, 3.8) is 0 Å². The first-order valence-electron chi connectivity index (χ1n) is 7.00. The molecule has 3 rings (SSSR count). The number of fused-ring (bicyclic) bond motifs is 1. The molecule has 0 aliphatic rings. The summed E-state index contributed by atoms with van der Waals surface area (Å²) >= 11 is 0. The van der Waals surface area contributed by atoms with Crippen LogP contribution in [0.1, 0.15) is 0 Å². The standard InChI is InChI=1S/C18H16N2O2/c1-19-18(21)20-15-7-10-16(11-8-15)22-17-9-6-13-4-2-3-5-14(13)12-17/h2-12H,1H3,(H2,19,20,21). The molecule has 110 valence electrons. The predicted octanol–water partition coefficient (Wildman–Crippen LogP) is 4.38. The maximum Gasteiger partial charge on any atom is 0.318 e. The molecule has 0 heterocycles. The van der Waals surface area contributed by atoms with E-state index in [0.717, 1.165) is 16.9 Å². The average molecular weight is 292 g/mol. The number of carbonyl (C=O) groups is 1. The molecule has 0 fully saturated rings. The molecule has 2 amide bonds. The van der Waals surface area contributed by atoms with Gasteiger partial charge in [0.15, 0.2) is 0 Å². The van der Waals surface area contributed by atoms with Crippen LogP contribution in [0.2, 0.25) is 0 Å². The molecule has 22 heavy (non-hydrogen) atoms. The van der Waals surface area contributed by atoms with E-state index in [4.69, 9.17) is 4.74 Å². The molecule has 0 bridgehead atoms. The Morgan fingerprint density at radius 3 is 2.27 bits per heavy atom. The van der Waals surface area contributed by atoms with Gasteiger partial charge in [-0.2, -0.15) is 0 Å². The molecule has 0 radical (unpaired) electrons. The Bertz CT molecular complexity index is 798. The molecule has 0 aromatic heterocycles. The predicted molar refractivity (Wildman–Crippen MR) is 88.5 cm³/mol. The largest absolute Gasteiger partial charge is 0.457 e. The summed E-state index contributed by atoms with van der Waals surface area (Å²) in [6, 6.07) is 21.1. The van der Waals surface area contributed by atoms with Gasteiger partial charge in [-0.15, -0.1) is 0 Å². The fourth-order valence-corrected chi connectivity index (χ4v) is 2.17. The molecule has 0 saturated heterocycles. The van der Waals surface area contributed by atoms with Crippen LogP contribution < -0.4 is 15.4 Å². The van der Waals surface area contributed by atoms with Crippen molar-refractivity contribution in [2.45, 2.75) is 0 Å². The van der Waals surface area contributed by atoms with Gasteiger partial charge in [0.25, 0.3) is 0 Å². The van der Waals surface area contributed by atoms with Crippen molar-refractivity contribution in [3.05, 3.63) is 66.7 Å². The summed E-state index contributed by atoms with van der Waals surface area (Å²) in [6.07, 6.45) is 0. The minimum Gasteiger partial charge on any atom is -0.457 e. The average Bonchev–Trinajstić information content (AvgIpc) is 2.56. The minimum atomic E-state index is -0.247. The summed E-state index contributed by atoms with van der Waals surface area (Å²) in [6.45, 7) is 0. The Balaban J connectivity index is 1.75. The van der Waals surface area contributed by atoms with Crippen molar-refractivity contribution in [3.8, 4) is 11.5 Å². The second-order valence-corrected chi connectivity index (χ2v) is 4.84. The van der Waals surface area contributed by atoms with Crippen LogP contribution >= 0.6 is 0 Å². The topological polar surface area (TPSA) is 50.4 Å². The third-order valence-electron chi connectivity index (χ3n) is 3.30. The normalized spacial score (nSPS) is 10.2. The molecule has 3 aromatic carbocycles. The summed E-state index contributed by atoms with van der Waals surface area (Å²) in [7, 11) is 1.58. The van der Waals surface area contributed by atoms with E-state index in [0.29, 0.717) is 5.69 Å². The number of amides is 2. The molecule has 4 nitrogen and oxygen atoms in total. The van der Waals surface area contributed by atoms with Gasteiger partial charge in [0, 0.05) is 12.7 Å². The highest BCUT2D eigenvalue weighted by Gasteiger charge is 2.01. The summed E-state index contributed by atoms with van der Waals surface area (Å²) < 4.78 is 5.84. The number of hydrogen-bond donors (Lipinski definition) is 2. The number of benzene rings is 3. The van der Waals surface area contributed by atoms with E-state index >= 15 is 0 Å². The van der Waals surface area contributed by atoms with E-state index in [1.807, 2.05) is 42.5 Å². The van der Waals surface area contributed by atoms with E-state index in [9.17, 15) is 4.79 Å². The Morgan fingerprint density at radius 1 is 0.864 bits per heavy atom. The Morgan fingerprint density at radius 2 is 1.55 bits per heavy atom. The molecule has 4 heteroatoms. The first-order valence-corrected chi connectivity index (χ1v) is 7.00. The third kappa shape index (κ3) is 3.17. The first-order chi connectivity index (χ1) is 10.7. The Labute approximate surface area is 128 Å². The van der Waals surface area contributed by atoms with Crippen LogP contribution in [0, 0.1) is 0 Å². The van der Waals surface area contributed by atoms with Gasteiger partial charge < -0.3 is 15.4 Å². The zero-order valence-electron chi connectivity index (χ0n) is 12.2. The van der Waals surface area contributed by atoms with Crippen LogP contribution in [-0.4, -0.2) is 13.1 Å². The van der Waals surface area contributed by atoms with Gasteiger partial charge in [-0.05, 0) is 47.2 Å². The molecule has 0 atom stereocenters. The van der Waals surface area contributed by atoms with Crippen LogP contribution in [-0.2, 0) is 0 Å². The molecule has 0 aliphatic heterocycles. The fraction of sp³-hybridized carbons (Fsp3) is 0.0556. The number of rotatable bonds is 3. The molecule has 0 saturated carbocycles. The molecule has 3 aromatic rings. The van der Waals surface area contributed by atoms with Crippen molar-refractivity contribution in [1.29, 1.82) is 0 Å². The lowest BCUT2D eigenvalue weighted by Crippen LogP contribution is -2.24. The van der Waals surface area contributed by atoms with Crippen LogP contribution in [0.15, 0.2) is 66.7 Å².